The maximum Gasteiger partial charge on any atom is 0.293 e. The SMILES string of the molecule is CC(C)(C)[S+]([O-])NC1(c2cccc(Cl)c2[N+](=O)[O-])COC1. The molecule has 1 fully saturated rings. The lowest BCUT2D eigenvalue weighted by molar-refractivity contribution is -0.386. The number of halogens is 1. The quantitative estimate of drug-likeness (QED) is 0.520. The molecule has 1 aromatic rings. The Bertz CT molecular complexity index is 558. The van der Waals surface area contributed by atoms with Gasteiger partial charge in [0.1, 0.15) is 15.3 Å². The van der Waals surface area contributed by atoms with Crippen molar-refractivity contribution in [3.63, 3.8) is 0 Å². The van der Waals surface area contributed by atoms with E-state index in [0.717, 1.165) is 0 Å². The zero-order chi connectivity index (χ0) is 15.8. The first-order valence-electron chi connectivity index (χ1n) is 6.38. The van der Waals surface area contributed by atoms with Crippen molar-refractivity contribution in [2.24, 2.45) is 0 Å². The molecule has 1 heterocycles. The molecule has 0 amide bonds. The molecular weight excluding hydrogens is 316 g/mol. The maximum atomic E-state index is 12.4. The molecule has 0 radical (unpaired) electrons. The second kappa shape index (κ2) is 5.73. The molecule has 21 heavy (non-hydrogen) atoms. The number of para-hydroxylation sites is 1. The van der Waals surface area contributed by atoms with Crippen LogP contribution in [-0.2, 0) is 21.6 Å². The average Bonchev–Trinajstić information content (AvgIpc) is 2.31. The van der Waals surface area contributed by atoms with Gasteiger partial charge in [-0.1, -0.05) is 17.7 Å². The normalized spacial score (nSPS) is 18.9. The number of hydrogen-bond donors (Lipinski definition) is 1. The molecule has 1 aliphatic rings. The fourth-order valence-corrected chi connectivity index (χ4v) is 3.13. The predicted molar refractivity (Wildman–Crippen MR) is 81.6 cm³/mol. The average molecular weight is 333 g/mol. The molecule has 1 saturated heterocycles. The summed E-state index contributed by atoms with van der Waals surface area (Å²) in [5.74, 6) is 0. The van der Waals surface area contributed by atoms with Crippen LogP contribution < -0.4 is 4.72 Å². The van der Waals surface area contributed by atoms with Gasteiger partial charge in [-0.15, -0.1) is 4.72 Å². The molecule has 1 N–H and O–H groups in total. The van der Waals surface area contributed by atoms with Crippen LogP contribution >= 0.6 is 11.6 Å². The predicted octanol–water partition coefficient (Wildman–Crippen LogP) is 2.53. The lowest BCUT2D eigenvalue weighted by Gasteiger charge is -2.42. The number of hydrogen-bond acceptors (Lipinski definition) is 5. The van der Waals surface area contributed by atoms with Crippen molar-refractivity contribution in [3.8, 4) is 0 Å². The molecule has 116 valence electrons. The van der Waals surface area contributed by atoms with E-state index in [9.17, 15) is 14.7 Å². The topological polar surface area (TPSA) is 87.5 Å². The van der Waals surface area contributed by atoms with Gasteiger partial charge in [-0.3, -0.25) is 10.1 Å². The first-order valence-corrected chi connectivity index (χ1v) is 7.91. The Hall–Kier alpha value is -0.860. The lowest BCUT2D eigenvalue weighted by atomic mass is 9.88. The largest absolute Gasteiger partial charge is 0.598 e. The first-order chi connectivity index (χ1) is 9.67. The Balaban J connectivity index is 2.43. The molecule has 2 rings (SSSR count). The third-order valence-electron chi connectivity index (χ3n) is 3.23. The summed E-state index contributed by atoms with van der Waals surface area (Å²) in [6.45, 7) is 5.92. The molecule has 0 spiro atoms. The van der Waals surface area contributed by atoms with E-state index in [4.69, 9.17) is 16.3 Å². The summed E-state index contributed by atoms with van der Waals surface area (Å²) < 4.78 is 20.1. The second-order valence-electron chi connectivity index (χ2n) is 5.95. The highest BCUT2D eigenvalue weighted by Gasteiger charge is 2.50. The Kier molecular flexibility index (Phi) is 4.51. The van der Waals surface area contributed by atoms with Crippen molar-refractivity contribution in [2.45, 2.75) is 31.1 Å². The molecular formula is C13H17ClN2O4S. The highest BCUT2D eigenvalue weighted by atomic mass is 35.5. The molecule has 1 atom stereocenters. The number of benzene rings is 1. The van der Waals surface area contributed by atoms with Crippen LogP contribution in [0.2, 0.25) is 5.02 Å². The van der Waals surface area contributed by atoms with E-state index in [1.54, 1.807) is 12.1 Å². The third kappa shape index (κ3) is 3.17. The van der Waals surface area contributed by atoms with Crippen LogP contribution in [0.15, 0.2) is 18.2 Å². The summed E-state index contributed by atoms with van der Waals surface area (Å²) in [5.41, 5.74) is -0.601. The van der Waals surface area contributed by atoms with E-state index in [2.05, 4.69) is 4.72 Å². The highest BCUT2D eigenvalue weighted by molar-refractivity contribution is 7.90. The summed E-state index contributed by atoms with van der Waals surface area (Å²) in [5, 5.41) is 11.4. The van der Waals surface area contributed by atoms with Crippen molar-refractivity contribution in [1.82, 2.24) is 4.72 Å². The Morgan fingerprint density at radius 1 is 1.43 bits per heavy atom. The van der Waals surface area contributed by atoms with Gasteiger partial charge in [-0.05, 0) is 32.9 Å². The van der Waals surface area contributed by atoms with Gasteiger partial charge in [0.15, 0.2) is 0 Å². The molecule has 1 aliphatic heterocycles. The third-order valence-corrected chi connectivity index (χ3v) is 5.22. The van der Waals surface area contributed by atoms with Gasteiger partial charge in [-0.25, -0.2) is 0 Å². The minimum atomic E-state index is -1.38. The number of nitro benzene ring substituents is 1. The zero-order valence-corrected chi connectivity index (χ0v) is 13.6. The van der Waals surface area contributed by atoms with Gasteiger partial charge in [0.2, 0.25) is 0 Å². The molecule has 0 aliphatic carbocycles. The molecule has 1 unspecified atom stereocenters. The Morgan fingerprint density at radius 3 is 2.48 bits per heavy atom. The molecule has 8 heteroatoms. The zero-order valence-electron chi connectivity index (χ0n) is 12.0. The summed E-state index contributed by atoms with van der Waals surface area (Å²) >= 11 is 4.57. The standard InChI is InChI=1S/C13H17ClN2O4S/c1-12(2,3)21(19)15-13(7-20-8-13)9-5-4-6-10(14)11(9)16(17)18/h4-6,15H,7-8H2,1-3H3. The van der Waals surface area contributed by atoms with E-state index in [0.29, 0.717) is 5.56 Å². The minimum Gasteiger partial charge on any atom is -0.598 e. The van der Waals surface area contributed by atoms with Gasteiger partial charge in [0.05, 0.1) is 23.7 Å². The molecule has 0 aromatic heterocycles. The first kappa shape index (κ1) is 16.5. The van der Waals surface area contributed by atoms with Crippen molar-refractivity contribution >= 4 is 28.7 Å². The summed E-state index contributed by atoms with van der Waals surface area (Å²) in [7, 11) is 0. The number of ether oxygens (including phenoxy) is 1. The molecule has 6 nitrogen and oxygen atoms in total. The Labute approximate surface area is 131 Å². The van der Waals surface area contributed by atoms with Crippen LogP contribution in [0.1, 0.15) is 26.3 Å². The van der Waals surface area contributed by atoms with Gasteiger partial charge in [0, 0.05) is 11.4 Å². The summed E-state index contributed by atoms with van der Waals surface area (Å²) in [6.07, 6.45) is 0. The number of nitrogens with one attached hydrogen (secondary N) is 1. The summed E-state index contributed by atoms with van der Waals surface area (Å²) in [4.78, 5) is 10.8. The highest BCUT2D eigenvalue weighted by Crippen LogP contribution is 2.40. The van der Waals surface area contributed by atoms with E-state index in [1.165, 1.54) is 6.07 Å². The molecule has 1 aromatic carbocycles. The van der Waals surface area contributed by atoms with Crippen molar-refractivity contribution < 1.29 is 14.2 Å². The van der Waals surface area contributed by atoms with Crippen LogP contribution in [0.25, 0.3) is 0 Å². The smallest absolute Gasteiger partial charge is 0.293 e. The number of rotatable bonds is 4. The fourth-order valence-electron chi connectivity index (χ4n) is 1.99. The number of nitrogens with zero attached hydrogens (tertiary/aromatic N) is 1. The van der Waals surface area contributed by atoms with E-state index < -0.39 is 26.6 Å². The summed E-state index contributed by atoms with van der Waals surface area (Å²) in [6, 6.07) is 4.74. The van der Waals surface area contributed by atoms with Crippen LogP contribution in [0.5, 0.6) is 0 Å². The van der Waals surface area contributed by atoms with Crippen molar-refractivity contribution in [3.05, 3.63) is 38.9 Å². The van der Waals surface area contributed by atoms with Crippen molar-refractivity contribution in [1.29, 1.82) is 0 Å². The van der Waals surface area contributed by atoms with Crippen LogP contribution in [0.4, 0.5) is 5.69 Å². The van der Waals surface area contributed by atoms with Gasteiger partial charge in [0.25, 0.3) is 5.69 Å². The molecule has 0 bridgehead atoms. The van der Waals surface area contributed by atoms with Gasteiger partial charge in [-0.2, -0.15) is 0 Å². The van der Waals surface area contributed by atoms with Gasteiger partial charge >= 0.3 is 0 Å². The van der Waals surface area contributed by atoms with E-state index in [1.807, 2.05) is 20.8 Å². The van der Waals surface area contributed by atoms with E-state index >= 15 is 0 Å². The van der Waals surface area contributed by atoms with Crippen molar-refractivity contribution in [2.75, 3.05) is 13.2 Å². The maximum absolute atomic E-state index is 12.4. The second-order valence-corrected chi connectivity index (χ2v) is 8.32. The van der Waals surface area contributed by atoms with Crippen LogP contribution in [-0.4, -0.2) is 27.4 Å². The lowest BCUT2D eigenvalue weighted by Crippen LogP contribution is -2.61. The number of nitro groups is 1. The van der Waals surface area contributed by atoms with Gasteiger partial charge < -0.3 is 9.29 Å². The molecule has 0 saturated carbocycles. The Morgan fingerprint density at radius 2 is 2.05 bits per heavy atom. The minimum absolute atomic E-state index is 0.0621. The monoisotopic (exact) mass is 332 g/mol. The fraction of sp³-hybridized carbons (Fsp3) is 0.538. The van der Waals surface area contributed by atoms with Crippen LogP contribution in [0.3, 0.4) is 0 Å². The van der Waals surface area contributed by atoms with E-state index in [-0.39, 0.29) is 23.9 Å². The van der Waals surface area contributed by atoms with Crippen LogP contribution in [0, 0.1) is 10.1 Å².